The molecule has 94 valence electrons. The molecule has 0 atom stereocenters. The number of rotatable bonds is 4. The first-order valence-corrected chi connectivity index (χ1v) is 5.36. The maximum Gasteiger partial charge on any atom is 0.245 e. The first-order valence-electron chi connectivity index (χ1n) is 5.36. The maximum absolute atomic E-state index is 11.5. The van der Waals surface area contributed by atoms with E-state index in [1.165, 1.54) is 6.26 Å². The zero-order valence-corrected chi connectivity index (χ0v) is 9.77. The summed E-state index contributed by atoms with van der Waals surface area (Å²) in [6.45, 7) is 1.72. The minimum absolute atomic E-state index is 0.0493. The molecule has 1 aliphatic heterocycles. The molecule has 0 saturated carbocycles. The fourth-order valence-corrected chi connectivity index (χ4v) is 1.42. The third kappa shape index (κ3) is 3.03. The summed E-state index contributed by atoms with van der Waals surface area (Å²) in [6, 6.07) is 3.48. The highest BCUT2D eigenvalue weighted by Gasteiger charge is 2.17. The molecular formula is C11H12N4O3. The SMILES string of the molecule is CC(=NNC(=O)CC1=NNC(=O)C1)c1ccco1. The highest BCUT2D eigenvalue weighted by molar-refractivity contribution is 6.11. The van der Waals surface area contributed by atoms with E-state index in [1.54, 1.807) is 19.1 Å². The first-order chi connectivity index (χ1) is 8.65. The third-order valence-corrected chi connectivity index (χ3v) is 2.29. The number of hydrazone groups is 2. The van der Waals surface area contributed by atoms with Crippen LogP contribution in [0.4, 0.5) is 0 Å². The average molecular weight is 248 g/mol. The first kappa shape index (κ1) is 12.0. The molecule has 7 heteroatoms. The summed E-state index contributed by atoms with van der Waals surface area (Å²) in [6.07, 6.45) is 1.74. The van der Waals surface area contributed by atoms with Crippen LogP contribution >= 0.6 is 0 Å². The lowest BCUT2D eigenvalue weighted by atomic mass is 10.2. The van der Waals surface area contributed by atoms with Gasteiger partial charge in [0.05, 0.1) is 24.8 Å². The summed E-state index contributed by atoms with van der Waals surface area (Å²) in [4.78, 5) is 22.4. The van der Waals surface area contributed by atoms with E-state index in [2.05, 4.69) is 21.1 Å². The summed E-state index contributed by atoms with van der Waals surface area (Å²) in [5.74, 6) is 0.0644. The lowest BCUT2D eigenvalue weighted by Gasteiger charge is -1.99. The van der Waals surface area contributed by atoms with Gasteiger partial charge in [-0.1, -0.05) is 0 Å². The number of furan rings is 1. The smallest absolute Gasteiger partial charge is 0.245 e. The van der Waals surface area contributed by atoms with Gasteiger partial charge in [-0.05, 0) is 19.1 Å². The Morgan fingerprint density at radius 1 is 1.67 bits per heavy atom. The zero-order valence-electron chi connectivity index (χ0n) is 9.77. The van der Waals surface area contributed by atoms with Crippen LogP contribution in [0.25, 0.3) is 0 Å². The second-order valence-electron chi connectivity index (χ2n) is 3.78. The van der Waals surface area contributed by atoms with Crippen molar-refractivity contribution in [3.05, 3.63) is 24.2 Å². The molecule has 1 aromatic rings. The van der Waals surface area contributed by atoms with Crippen LogP contribution in [0.15, 0.2) is 33.0 Å². The van der Waals surface area contributed by atoms with Crippen molar-refractivity contribution in [1.29, 1.82) is 0 Å². The van der Waals surface area contributed by atoms with Gasteiger partial charge in [0, 0.05) is 0 Å². The largest absolute Gasteiger partial charge is 0.463 e. The van der Waals surface area contributed by atoms with Gasteiger partial charge in [-0.15, -0.1) is 0 Å². The van der Waals surface area contributed by atoms with Gasteiger partial charge in [-0.2, -0.15) is 10.2 Å². The number of carbonyl (C=O) groups excluding carboxylic acids is 2. The van der Waals surface area contributed by atoms with E-state index in [9.17, 15) is 9.59 Å². The van der Waals surface area contributed by atoms with Gasteiger partial charge < -0.3 is 4.42 Å². The summed E-state index contributed by atoms with van der Waals surface area (Å²) >= 11 is 0. The monoisotopic (exact) mass is 248 g/mol. The summed E-state index contributed by atoms with van der Waals surface area (Å²) in [5, 5.41) is 7.61. The standard InChI is InChI=1S/C11H12N4O3/c1-7(9-3-2-4-18-9)12-14-10(16)5-8-6-11(17)15-13-8/h2-4H,5-6H2,1H3,(H,14,16)(H,15,17). The lowest BCUT2D eigenvalue weighted by Crippen LogP contribution is -2.22. The van der Waals surface area contributed by atoms with Gasteiger partial charge in [0.1, 0.15) is 11.5 Å². The number of nitrogens with one attached hydrogen (secondary N) is 2. The van der Waals surface area contributed by atoms with Crippen LogP contribution in [-0.2, 0) is 9.59 Å². The molecule has 0 fully saturated rings. The van der Waals surface area contributed by atoms with Gasteiger partial charge in [-0.25, -0.2) is 10.9 Å². The van der Waals surface area contributed by atoms with E-state index in [0.717, 1.165) is 0 Å². The van der Waals surface area contributed by atoms with E-state index in [0.29, 0.717) is 17.2 Å². The maximum atomic E-state index is 11.5. The molecule has 0 radical (unpaired) electrons. The molecule has 1 aromatic heterocycles. The van der Waals surface area contributed by atoms with Crippen LogP contribution in [-0.4, -0.2) is 23.2 Å². The topological polar surface area (TPSA) is 96.1 Å². The number of hydrogen-bond donors (Lipinski definition) is 2. The Bertz CT molecular complexity index is 516. The van der Waals surface area contributed by atoms with E-state index in [1.807, 2.05) is 0 Å². The van der Waals surface area contributed by atoms with Crippen molar-refractivity contribution in [2.24, 2.45) is 10.2 Å². The van der Waals surface area contributed by atoms with Crippen LogP contribution in [0.3, 0.4) is 0 Å². The Morgan fingerprint density at radius 2 is 2.50 bits per heavy atom. The fourth-order valence-electron chi connectivity index (χ4n) is 1.42. The van der Waals surface area contributed by atoms with Crippen LogP contribution in [0.1, 0.15) is 25.5 Å². The fraction of sp³-hybridized carbons (Fsp3) is 0.273. The summed E-state index contributed by atoms with van der Waals surface area (Å²) in [7, 11) is 0. The molecule has 0 aromatic carbocycles. The van der Waals surface area contributed by atoms with Crippen LogP contribution in [0.5, 0.6) is 0 Å². The Hall–Kier alpha value is -2.44. The number of nitrogens with zero attached hydrogens (tertiary/aromatic N) is 2. The molecule has 2 N–H and O–H groups in total. The molecule has 0 spiro atoms. The molecule has 0 saturated heterocycles. The second-order valence-corrected chi connectivity index (χ2v) is 3.78. The normalized spacial score (nSPS) is 15.3. The second kappa shape index (κ2) is 5.26. The van der Waals surface area contributed by atoms with Crippen molar-refractivity contribution in [2.75, 3.05) is 0 Å². The van der Waals surface area contributed by atoms with E-state index >= 15 is 0 Å². The number of hydrogen-bond acceptors (Lipinski definition) is 5. The van der Waals surface area contributed by atoms with Gasteiger partial charge >= 0.3 is 0 Å². The molecule has 0 bridgehead atoms. The van der Waals surface area contributed by atoms with Crippen LogP contribution < -0.4 is 10.9 Å². The molecule has 2 amide bonds. The van der Waals surface area contributed by atoms with Gasteiger partial charge in [0.25, 0.3) is 0 Å². The minimum atomic E-state index is -0.323. The molecule has 2 rings (SSSR count). The highest BCUT2D eigenvalue weighted by atomic mass is 16.3. The van der Waals surface area contributed by atoms with Crippen molar-refractivity contribution < 1.29 is 14.0 Å². The minimum Gasteiger partial charge on any atom is -0.463 e. The molecule has 0 aliphatic carbocycles. The van der Waals surface area contributed by atoms with Crippen molar-refractivity contribution in [3.63, 3.8) is 0 Å². The van der Waals surface area contributed by atoms with Gasteiger partial charge in [-0.3, -0.25) is 9.59 Å². The summed E-state index contributed by atoms with van der Waals surface area (Å²) < 4.78 is 5.11. The van der Waals surface area contributed by atoms with Crippen molar-refractivity contribution >= 4 is 23.2 Å². The predicted molar refractivity (Wildman–Crippen MR) is 63.9 cm³/mol. The molecule has 2 heterocycles. The lowest BCUT2D eigenvalue weighted by molar-refractivity contribution is -0.119. The quantitative estimate of drug-likeness (QED) is 0.595. The van der Waals surface area contributed by atoms with Crippen LogP contribution in [0, 0.1) is 0 Å². The third-order valence-electron chi connectivity index (χ3n) is 2.29. The molecule has 7 nitrogen and oxygen atoms in total. The Kier molecular flexibility index (Phi) is 3.52. The molecule has 1 aliphatic rings. The van der Waals surface area contributed by atoms with E-state index in [-0.39, 0.29) is 24.7 Å². The summed E-state index contributed by atoms with van der Waals surface area (Å²) in [5.41, 5.74) is 5.73. The molecular weight excluding hydrogens is 236 g/mol. The Balaban J connectivity index is 1.85. The highest BCUT2D eigenvalue weighted by Crippen LogP contribution is 2.02. The van der Waals surface area contributed by atoms with E-state index in [4.69, 9.17) is 4.42 Å². The van der Waals surface area contributed by atoms with Gasteiger partial charge in [0.15, 0.2) is 0 Å². The molecule has 0 unspecified atom stereocenters. The number of amides is 2. The van der Waals surface area contributed by atoms with Crippen LogP contribution in [0.2, 0.25) is 0 Å². The Labute approximate surface area is 103 Å². The Morgan fingerprint density at radius 3 is 3.11 bits per heavy atom. The average Bonchev–Trinajstić information content (AvgIpc) is 2.97. The predicted octanol–water partition coefficient (Wildman–Crippen LogP) is 0.386. The van der Waals surface area contributed by atoms with Crippen molar-refractivity contribution in [2.45, 2.75) is 19.8 Å². The molecule has 18 heavy (non-hydrogen) atoms. The number of carbonyl (C=O) groups is 2. The van der Waals surface area contributed by atoms with Crippen molar-refractivity contribution in [1.82, 2.24) is 10.9 Å². The van der Waals surface area contributed by atoms with Gasteiger partial charge in [0.2, 0.25) is 11.8 Å². The van der Waals surface area contributed by atoms with E-state index < -0.39 is 0 Å². The zero-order chi connectivity index (χ0) is 13.0. The van der Waals surface area contributed by atoms with Crippen molar-refractivity contribution in [3.8, 4) is 0 Å².